The number of aliphatic hydroxyl groups is 1. The van der Waals surface area contributed by atoms with E-state index in [9.17, 15) is 0 Å². The van der Waals surface area contributed by atoms with E-state index in [1.807, 2.05) is 11.3 Å². The Morgan fingerprint density at radius 1 is 1.58 bits per heavy atom. The Morgan fingerprint density at radius 2 is 2.37 bits per heavy atom. The van der Waals surface area contributed by atoms with Crippen LogP contribution in [0.1, 0.15) is 49.1 Å². The predicted molar refractivity (Wildman–Crippen MR) is 81.5 cm³/mol. The first kappa shape index (κ1) is 15.0. The van der Waals surface area contributed by atoms with E-state index in [1.54, 1.807) is 0 Å². The summed E-state index contributed by atoms with van der Waals surface area (Å²) in [6, 6.07) is 3.26. The number of nitrogens with zero attached hydrogens (tertiary/aromatic N) is 1. The molecule has 0 spiro atoms. The van der Waals surface area contributed by atoms with Crippen molar-refractivity contribution in [2.24, 2.45) is 5.73 Å². The number of rotatable bonds is 6. The van der Waals surface area contributed by atoms with Gasteiger partial charge in [0.25, 0.3) is 0 Å². The molecule has 1 saturated heterocycles. The Labute approximate surface area is 120 Å². The zero-order valence-electron chi connectivity index (χ0n) is 12.0. The van der Waals surface area contributed by atoms with Gasteiger partial charge in [0.05, 0.1) is 6.04 Å². The number of aryl methyl sites for hydroxylation is 1. The molecule has 0 aromatic carbocycles. The molecule has 1 aromatic heterocycles. The standard InChI is InChI=1S/C15H26N2OS/c1-11-7-10-19-15(11)14(12(2)16)17-8-3-5-13(17)6-4-9-18/h7,10,12-14,18H,3-6,8-9,16H2,1-2H3. The van der Waals surface area contributed by atoms with Crippen LogP contribution in [0.3, 0.4) is 0 Å². The molecule has 1 aliphatic heterocycles. The number of nitrogens with two attached hydrogens (primary N) is 1. The molecule has 1 fully saturated rings. The molecule has 1 aliphatic rings. The Bertz CT molecular complexity index is 391. The van der Waals surface area contributed by atoms with Crippen LogP contribution in [0.4, 0.5) is 0 Å². The molecule has 0 aliphatic carbocycles. The third kappa shape index (κ3) is 3.37. The lowest BCUT2D eigenvalue weighted by Gasteiger charge is -2.35. The van der Waals surface area contributed by atoms with Crippen LogP contribution in [0.5, 0.6) is 0 Å². The van der Waals surface area contributed by atoms with Gasteiger partial charge >= 0.3 is 0 Å². The molecule has 3 N–H and O–H groups in total. The number of hydrogen-bond donors (Lipinski definition) is 2. The number of hydrogen-bond acceptors (Lipinski definition) is 4. The summed E-state index contributed by atoms with van der Waals surface area (Å²) in [5.41, 5.74) is 7.64. The fourth-order valence-corrected chi connectivity index (χ4v) is 4.40. The summed E-state index contributed by atoms with van der Waals surface area (Å²) in [6.45, 7) is 5.73. The number of likely N-dealkylation sites (tertiary alicyclic amines) is 1. The highest BCUT2D eigenvalue weighted by atomic mass is 32.1. The molecular weight excluding hydrogens is 256 g/mol. The van der Waals surface area contributed by atoms with Crippen LogP contribution >= 0.6 is 11.3 Å². The molecule has 19 heavy (non-hydrogen) atoms. The van der Waals surface area contributed by atoms with Gasteiger partial charge in [0.1, 0.15) is 0 Å². The molecule has 3 unspecified atom stereocenters. The van der Waals surface area contributed by atoms with E-state index < -0.39 is 0 Å². The van der Waals surface area contributed by atoms with Crippen LogP contribution < -0.4 is 5.73 Å². The maximum absolute atomic E-state index is 9.05. The minimum absolute atomic E-state index is 0.145. The fourth-order valence-electron chi connectivity index (χ4n) is 3.24. The first-order chi connectivity index (χ1) is 9.15. The zero-order chi connectivity index (χ0) is 13.8. The van der Waals surface area contributed by atoms with Gasteiger partial charge in [-0.2, -0.15) is 0 Å². The zero-order valence-corrected chi connectivity index (χ0v) is 12.8. The van der Waals surface area contributed by atoms with Gasteiger partial charge in [-0.3, -0.25) is 4.90 Å². The van der Waals surface area contributed by atoms with Crippen LogP contribution in [-0.4, -0.2) is 35.2 Å². The molecule has 3 atom stereocenters. The van der Waals surface area contributed by atoms with Crippen molar-refractivity contribution < 1.29 is 5.11 Å². The van der Waals surface area contributed by atoms with Crippen LogP contribution in [-0.2, 0) is 0 Å². The smallest absolute Gasteiger partial charge is 0.0595 e. The average Bonchev–Trinajstić information content (AvgIpc) is 2.98. The Kier molecular flexibility index (Phi) is 5.39. The summed E-state index contributed by atoms with van der Waals surface area (Å²) in [5, 5.41) is 11.2. The predicted octanol–water partition coefficient (Wildman–Crippen LogP) is 2.68. The van der Waals surface area contributed by atoms with E-state index >= 15 is 0 Å². The largest absolute Gasteiger partial charge is 0.396 e. The van der Waals surface area contributed by atoms with Crippen LogP contribution in [0.25, 0.3) is 0 Å². The molecule has 2 heterocycles. The number of aliphatic hydroxyl groups excluding tert-OH is 1. The summed E-state index contributed by atoms with van der Waals surface area (Å²) in [4.78, 5) is 4.00. The van der Waals surface area contributed by atoms with Gasteiger partial charge in [0.2, 0.25) is 0 Å². The van der Waals surface area contributed by atoms with E-state index in [0.717, 1.165) is 19.4 Å². The Hall–Kier alpha value is -0.420. The normalized spacial score (nSPS) is 23.7. The van der Waals surface area contributed by atoms with Crippen molar-refractivity contribution >= 4 is 11.3 Å². The molecule has 108 valence electrons. The number of thiophene rings is 1. The second kappa shape index (κ2) is 6.84. The molecule has 0 bridgehead atoms. The summed E-state index contributed by atoms with van der Waals surface area (Å²) < 4.78 is 0. The second-order valence-electron chi connectivity index (χ2n) is 5.67. The van der Waals surface area contributed by atoms with Gasteiger partial charge in [-0.15, -0.1) is 11.3 Å². The summed E-state index contributed by atoms with van der Waals surface area (Å²) >= 11 is 1.83. The lowest BCUT2D eigenvalue weighted by atomic mass is 10.0. The third-order valence-corrected chi connectivity index (χ3v) is 5.23. The van der Waals surface area contributed by atoms with Crippen LogP contribution in [0.15, 0.2) is 11.4 Å². The van der Waals surface area contributed by atoms with E-state index in [-0.39, 0.29) is 6.04 Å². The molecule has 4 heteroatoms. The molecule has 1 aromatic rings. The van der Waals surface area contributed by atoms with Gasteiger partial charge in [-0.1, -0.05) is 0 Å². The maximum atomic E-state index is 9.05. The third-order valence-electron chi connectivity index (χ3n) is 4.14. The highest BCUT2D eigenvalue weighted by molar-refractivity contribution is 7.10. The quantitative estimate of drug-likeness (QED) is 0.843. The van der Waals surface area contributed by atoms with E-state index in [1.165, 1.54) is 23.3 Å². The Morgan fingerprint density at radius 3 is 2.95 bits per heavy atom. The van der Waals surface area contributed by atoms with Crippen LogP contribution in [0, 0.1) is 6.92 Å². The first-order valence-corrected chi connectivity index (χ1v) is 8.19. The Balaban J connectivity index is 2.17. The average molecular weight is 282 g/mol. The van der Waals surface area contributed by atoms with Crippen molar-refractivity contribution in [3.8, 4) is 0 Å². The topological polar surface area (TPSA) is 49.5 Å². The minimum Gasteiger partial charge on any atom is -0.396 e. The maximum Gasteiger partial charge on any atom is 0.0595 e. The second-order valence-corrected chi connectivity index (χ2v) is 6.62. The highest BCUT2D eigenvalue weighted by Crippen LogP contribution is 2.36. The fraction of sp³-hybridized carbons (Fsp3) is 0.733. The van der Waals surface area contributed by atoms with Crippen molar-refractivity contribution in [3.63, 3.8) is 0 Å². The van der Waals surface area contributed by atoms with Gasteiger partial charge in [-0.25, -0.2) is 0 Å². The first-order valence-electron chi connectivity index (χ1n) is 7.31. The monoisotopic (exact) mass is 282 g/mol. The summed E-state index contributed by atoms with van der Waals surface area (Å²) in [6.07, 6.45) is 4.48. The molecule has 0 amide bonds. The molecule has 3 nitrogen and oxygen atoms in total. The summed E-state index contributed by atoms with van der Waals surface area (Å²) in [7, 11) is 0. The van der Waals surface area contributed by atoms with Crippen molar-refractivity contribution in [3.05, 3.63) is 21.9 Å². The molecule has 2 rings (SSSR count). The van der Waals surface area contributed by atoms with E-state index in [0.29, 0.717) is 18.7 Å². The highest BCUT2D eigenvalue weighted by Gasteiger charge is 2.34. The van der Waals surface area contributed by atoms with Crippen molar-refractivity contribution in [2.75, 3.05) is 13.2 Å². The van der Waals surface area contributed by atoms with Crippen LogP contribution in [0.2, 0.25) is 0 Å². The van der Waals surface area contributed by atoms with Crippen molar-refractivity contribution in [2.45, 2.75) is 57.7 Å². The van der Waals surface area contributed by atoms with Crippen molar-refractivity contribution in [1.29, 1.82) is 0 Å². The molecule has 0 radical (unpaired) electrons. The summed E-state index contributed by atoms with van der Waals surface area (Å²) in [5.74, 6) is 0. The van der Waals surface area contributed by atoms with E-state index in [2.05, 4.69) is 30.2 Å². The van der Waals surface area contributed by atoms with Gasteiger partial charge in [0, 0.05) is 23.6 Å². The molecule has 0 saturated carbocycles. The molecular formula is C15H26N2OS. The van der Waals surface area contributed by atoms with Gasteiger partial charge in [-0.05, 0) is 63.1 Å². The minimum atomic E-state index is 0.145. The van der Waals surface area contributed by atoms with Gasteiger partial charge < -0.3 is 10.8 Å². The van der Waals surface area contributed by atoms with Crippen molar-refractivity contribution in [1.82, 2.24) is 4.90 Å². The van der Waals surface area contributed by atoms with E-state index in [4.69, 9.17) is 10.8 Å². The van der Waals surface area contributed by atoms with Gasteiger partial charge in [0.15, 0.2) is 0 Å². The SMILES string of the molecule is Cc1ccsc1C(C(C)N)N1CCCC1CCCO. The lowest BCUT2D eigenvalue weighted by molar-refractivity contribution is 0.147. The lowest BCUT2D eigenvalue weighted by Crippen LogP contribution is -2.42.